The molecule has 1 saturated heterocycles. The van der Waals surface area contributed by atoms with Crippen LogP contribution in [0.15, 0.2) is 60.7 Å². The second-order valence-electron chi connectivity index (χ2n) is 7.70. The summed E-state index contributed by atoms with van der Waals surface area (Å²) in [6.45, 7) is 4.26. The SMILES string of the molecule is CC(C)(O)O.O=C(NC[C@@H]1CO[C@H](CNC(=O)c2ccccc2)C1)c1ccccc1.[HH].[HH]. The van der Waals surface area contributed by atoms with Crippen LogP contribution in [0.4, 0.5) is 0 Å². The molecule has 4 N–H and O–H groups in total. The van der Waals surface area contributed by atoms with Crippen molar-refractivity contribution in [1.29, 1.82) is 0 Å². The summed E-state index contributed by atoms with van der Waals surface area (Å²) in [5, 5.41) is 22.0. The number of carbonyl (C=O) groups is 2. The second kappa shape index (κ2) is 11.4. The third-order valence-corrected chi connectivity index (χ3v) is 4.28. The first kappa shape index (κ1) is 23.5. The van der Waals surface area contributed by atoms with Gasteiger partial charge in [-0.15, -0.1) is 0 Å². The fourth-order valence-electron chi connectivity index (χ4n) is 2.89. The summed E-state index contributed by atoms with van der Waals surface area (Å²) in [4.78, 5) is 24.1. The first-order valence-electron chi connectivity index (χ1n) is 9.95. The predicted molar refractivity (Wildman–Crippen MR) is 118 cm³/mol. The summed E-state index contributed by atoms with van der Waals surface area (Å²) in [5.41, 5.74) is 1.31. The highest BCUT2D eigenvalue weighted by atomic mass is 16.5. The van der Waals surface area contributed by atoms with Gasteiger partial charge in [-0.3, -0.25) is 9.59 Å². The number of nitrogens with one attached hydrogen (secondary N) is 2. The molecule has 0 saturated carbocycles. The summed E-state index contributed by atoms with van der Waals surface area (Å²) in [6.07, 6.45) is 0.815. The van der Waals surface area contributed by atoms with Crippen LogP contribution >= 0.6 is 0 Å². The zero-order chi connectivity index (χ0) is 22.0. The molecule has 7 nitrogen and oxygen atoms in total. The monoisotopic (exact) mass is 418 g/mol. The van der Waals surface area contributed by atoms with Crippen LogP contribution in [0, 0.1) is 5.92 Å². The van der Waals surface area contributed by atoms with Crippen LogP contribution in [0.3, 0.4) is 0 Å². The molecule has 3 rings (SSSR count). The smallest absolute Gasteiger partial charge is 0.251 e. The topological polar surface area (TPSA) is 108 Å². The third-order valence-electron chi connectivity index (χ3n) is 4.28. The van der Waals surface area contributed by atoms with E-state index in [4.69, 9.17) is 14.9 Å². The lowest BCUT2D eigenvalue weighted by atomic mass is 10.1. The highest BCUT2D eigenvalue weighted by Gasteiger charge is 2.26. The van der Waals surface area contributed by atoms with Crippen molar-refractivity contribution in [2.45, 2.75) is 32.2 Å². The van der Waals surface area contributed by atoms with E-state index in [9.17, 15) is 9.59 Å². The van der Waals surface area contributed by atoms with Gasteiger partial charge in [0.15, 0.2) is 5.79 Å². The molecular formula is C23H34N2O5. The fourth-order valence-corrected chi connectivity index (χ4v) is 2.89. The van der Waals surface area contributed by atoms with Crippen LogP contribution in [0.5, 0.6) is 0 Å². The average Bonchev–Trinajstić information content (AvgIpc) is 3.18. The minimum Gasteiger partial charge on any atom is -0.376 e. The lowest BCUT2D eigenvalue weighted by Gasteiger charge is -2.12. The van der Waals surface area contributed by atoms with Gasteiger partial charge in [0, 0.05) is 33.0 Å². The largest absolute Gasteiger partial charge is 0.376 e. The molecule has 0 bridgehead atoms. The van der Waals surface area contributed by atoms with E-state index in [0.29, 0.717) is 30.8 Å². The standard InChI is InChI=1S/C20H22N2O3.C3H8O2.2H2/c23-19(16-7-3-1-4-8-16)21-12-15-11-18(25-14-15)13-22-20(24)17-9-5-2-6-10-17;1-3(2,4)5;;/h1-10,15,18H,11-14H2,(H,21,23)(H,22,24);4-5H,1-2H3;2*1H/t15-,18+;;;/m1.../s1. The van der Waals surface area contributed by atoms with Gasteiger partial charge < -0.3 is 25.6 Å². The Hall–Kier alpha value is -2.74. The number of hydrogen-bond donors (Lipinski definition) is 4. The molecule has 1 heterocycles. The summed E-state index contributed by atoms with van der Waals surface area (Å²) < 4.78 is 5.72. The molecule has 7 heteroatoms. The molecule has 1 aliphatic heterocycles. The number of carbonyl (C=O) groups excluding carboxylic acids is 2. The molecule has 2 aromatic rings. The summed E-state index contributed by atoms with van der Waals surface area (Å²) in [5.74, 6) is -1.39. The Morgan fingerprint density at radius 1 is 0.933 bits per heavy atom. The maximum Gasteiger partial charge on any atom is 0.251 e. The molecule has 30 heavy (non-hydrogen) atoms. The molecule has 0 unspecified atom stereocenters. The number of aliphatic hydroxyl groups is 2. The van der Waals surface area contributed by atoms with Gasteiger partial charge in [-0.25, -0.2) is 0 Å². The van der Waals surface area contributed by atoms with Crippen molar-refractivity contribution in [3.05, 3.63) is 71.8 Å². The Morgan fingerprint density at radius 2 is 1.37 bits per heavy atom. The lowest BCUT2D eigenvalue weighted by molar-refractivity contribution is -0.127. The van der Waals surface area contributed by atoms with Crippen molar-refractivity contribution in [3.63, 3.8) is 0 Å². The molecule has 0 aromatic heterocycles. The van der Waals surface area contributed by atoms with Crippen molar-refractivity contribution < 1.29 is 27.4 Å². The van der Waals surface area contributed by atoms with Crippen LogP contribution in [-0.4, -0.2) is 53.6 Å². The molecule has 0 aliphatic carbocycles. The van der Waals surface area contributed by atoms with Crippen LogP contribution in [0.1, 0.15) is 43.8 Å². The van der Waals surface area contributed by atoms with Crippen LogP contribution < -0.4 is 10.6 Å². The molecule has 0 radical (unpaired) electrons. The average molecular weight is 419 g/mol. The number of benzene rings is 2. The molecule has 166 valence electrons. The predicted octanol–water partition coefficient (Wildman–Crippen LogP) is 2.45. The molecule has 1 aliphatic rings. The minimum atomic E-state index is -1.50. The highest BCUT2D eigenvalue weighted by molar-refractivity contribution is 5.94. The summed E-state index contributed by atoms with van der Waals surface area (Å²) >= 11 is 0. The molecular weight excluding hydrogens is 384 g/mol. The zero-order valence-corrected chi connectivity index (χ0v) is 17.4. The number of hydrogen-bond acceptors (Lipinski definition) is 5. The Bertz CT molecular complexity index is 734. The molecule has 2 amide bonds. The Morgan fingerprint density at radius 3 is 1.83 bits per heavy atom. The van der Waals surface area contributed by atoms with Crippen LogP contribution in [-0.2, 0) is 4.74 Å². The van der Waals surface area contributed by atoms with E-state index < -0.39 is 5.79 Å². The van der Waals surface area contributed by atoms with E-state index in [1.165, 1.54) is 13.8 Å². The van der Waals surface area contributed by atoms with Crippen LogP contribution in [0.2, 0.25) is 0 Å². The van der Waals surface area contributed by atoms with E-state index >= 15 is 0 Å². The maximum atomic E-state index is 12.0. The third kappa shape index (κ3) is 9.17. The van der Waals surface area contributed by atoms with Crippen molar-refractivity contribution in [3.8, 4) is 0 Å². The van der Waals surface area contributed by atoms with Gasteiger partial charge in [0.05, 0.1) is 12.7 Å². The maximum absolute atomic E-state index is 12.0. The van der Waals surface area contributed by atoms with Gasteiger partial charge in [-0.2, -0.15) is 0 Å². The van der Waals surface area contributed by atoms with Crippen molar-refractivity contribution >= 4 is 11.8 Å². The normalized spacial score (nSPS) is 18.1. The number of amides is 2. The molecule has 2 atom stereocenters. The lowest BCUT2D eigenvalue weighted by Crippen LogP contribution is -2.32. The van der Waals surface area contributed by atoms with Gasteiger partial charge in [-0.05, 0) is 44.5 Å². The highest BCUT2D eigenvalue weighted by Crippen LogP contribution is 2.18. The van der Waals surface area contributed by atoms with E-state index in [0.717, 1.165) is 6.42 Å². The fraction of sp³-hybridized carbons (Fsp3) is 0.391. The first-order chi connectivity index (χ1) is 14.2. The molecule has 2 aromatic carbocycles. The minimum absolute atomic E-state index is 0. The molecule has 1 fully saturated rings. The second-order valence-corrected chi connectivity index (χ2v) is 7.70. The van der Waals surface area contributed by atoms with E-state index in [2.05, 4.69) is 10.6 Å². The van der Waals surface area contributed by atoms with Crippen LogP contribution in [0.25, 0.3) is 0 Å². The Labute approximate surface area is 180 Å². The van der Waals surface area contributed by atoms with Gasteiger partial charge >= 0.3 is 0 Å². The van der Waals surface area contributed by atoms with E-state index in [1.54, 1.807) is 24.3 Å². The van der Waals surface area contributed by atoms with E-state index in [-0.39, 0.29) is 26.7 Å². The molecule has 0 spiro atoms. The summed E-state index contributed by atoms with van der Waals surface area (Å²) in [7, 11) is 0. The van der Waals surface area contributed by atoms with Crippen molar-refractivity contribution in [1.82, 2.24) is 10.6 Å². The zero-order valence-electron chi connectivity index (χ0n) is 17.4. The van der Waals surface area contributed by atoms with Crippen molar-refractivity contribution in [2.24, 2.45) is 5.92 Å². The van der Waals surface area contributed by atoms with Crippen molar-refractivity contribution in [2.75, 3.05) is 19.7 Å². The number of ether oxygens (including phenoxy) is 1. The summed E-state index contributed by atoms with van der Waals surface area (Å²) in [6, 6.07) is 18.3. The Balaban J connectivity index is 0.00000124. The number of rotatable bonds is 6. The first-order valence-corrected chi connectivity index (χ1v) is 9.95. The van der Waals surface area contributed by atoms with Gasteiger partial charge in [0.25, 0.3) is 11.8 Å². The van der Waals surface area contributed by atoms with Gasteiger partial charge in [0.2, 0.25) is 0 Å². The Kier molecular flexibility index (Phi) is 8.98. The van der Waals surface area contributed by atoms with Gasteiger partial charge in [-0.1, -0.05) is 36.4 Å². The van der Waals surface area contributed by atoms with Gasteiger partial charge in [0.1, 0.15) is 0 Å². The van der Waals surface area contributed by atoms with E-state index in [1.807, 2.05) is 36.4 Å². The quantitative estimate of drug-likeness (QED) is 0.539.